The Morgan fingerprint density at radius 2 is 2.00 bits per heavy atom. The summed E-state index contributed by atoms with van der Waals surface area (Å²) in [6.45, 7) is 5.42. The predicted octanol–water partition coefficient (Wildman–Crippen LogP) is 2.23. The molecule has 1 rings (SSSR count). The molecule has 1 atom stereocenters. The average Bonchev–Trinajstić information content (AvgIpc) is 2.38. The largest absolute Gasteiger partial charge is 0.385 e. The zero-order valence-corrected chi connectivity index (χ0v) is 11.6. The molecule has 4 nitrogen and oxygen atoms in total. The third-order valence-electron chi connectivity index (χ3n) is 2.90. The number of carbonyl (C=O) groups excluding carboxylic acids is 1. The zero-order valence-electron chi connectivity index (χ0n) is 11.6. The fourth-order valence-electron chi connectivity index (χ4n) is 1.69. The number of hydrogen-bond donors (Lipinski definition) is 1. The number of hydrogen-bond acceptors (Lipinski definition) is 3. The fraction of sp³-hybridized carbons (Fsp3) is 0.500. The summed E-state index contributed by atoms with van der Waals surface area (Å²) in [4.78, 5) is 13.9. The maximum atomic E-state index is 12.2. The van der Waals surface area contributed by atoms with Crippen LogP contribution in [-0.4, -0.2) is 44.2 Å². The van der Waals surface area contributed by atoms with Crippen LogP contribution in [0, 0.1) is 0 Å². The number of carbonyl (C=O) groups is 1. The summed E-state index contributed by atoms with van der Waals surface area (Å²) in [5, 5.41) is 3.20. The van der Waals surface area contributed by atoms with Crippen LogP contribution >= 0.6 is 0 Å². The molecular weight excluding hydrogens is 228 g/mol. The van der Waals surface area contributed by atoms with E-state index < -0.39 is 0 Å². The molecule has 0 aliphatic carbocycles. The molecule has 4 heteroatoms. The minimum atomic E-state index is 0.0163. The summed E-state index contributed by atoms with van der Waals surface area (Å²) in [7, 11) is 3.43. The van der Waals surface area contributed by atoms with Crippen molar-refractivity contribution in [3.05, 3.63) is 29.8 Å². The van der Waals surface area contributed by atoms with E-state index in [1.165, 1.54) is 0 Å². The van der Waals surface area contributed by atoms with Gasteiger partial charge in [0.25, 0.3) is 5.91 Å². The predicted molar refractivity (Wildman–Crippen MR) is 74.0 cm³/mol. The van der Waals surface area contributed by atoms with Crippen molar-refractivity contribution in [2.24, 2.45) is 0 Å². The molecule has 0 radical (unpaired) electrons. The Balaban J connectivity index is 2.71. The third kappa shape index (κ3) is 3.74. The number of nitrogens with one attached hydrogen (secondary N) is 1. The summed E-state index contributed by atoms with van der Waals surface area (Å²) in [6.07, 6.45) is 0. The van der Waals surface area contributed by atoms with E-state index in [0.29, 0.717) is 12.2 Å². The van der Waals surface area contributed by atoms with Crippen LogP contribution in [0.3, 0.4) is 0 Å². The molecule has 100 valence electrons. The Kier molecular flexibility index (Phi) is 5.65. The van der Waals surface area contributed by atoms with Crippen LogP contribution in [0.25, 0.3) is 0 Å². The van der Waals surface area contributed by atoms with Crippen molar-refractivity contribution < 1.29 is 9.53 Å². The molecule has 1 N–H and O–H groups in total. The lowest BCUT2D eigenvalue weighted by Crippen LogP contribution is -2.37. The maximum absolute atomic E-state index is 12.2. The van der Waals surface area contributed by atoms with Gasteiger partial charge in [-0.05, 0) is 38.1 Å². The van der Waals surface area contributed by atoms with Crippen molar-refractivity contribution in [1.82, 2.24) is 4.90 Å². The molecule has 0 saturated carbocycles. The standard InChI is InChI=1S/C14H22N2O2/c1-5-15-13-8-6-12(7-9-13)14(17)16(3)11(2)10-18-4/h6-9,11,15H,5,10H2,1-4H3. The molecule has 0 spiro atoms. The minimum Gasteiger partial charge on any atom is -0.385 e. The Labute approximate surface area is 109 Å². The first-order chi connectivity index (χ1) is 8.60. The topological polar surface area (TPSA) is 41.6 Å². The third-order valence-corrected chi connectivity index (χ3v) is 2.90. The van der Waals surface area contributed by atoms with Crippen molar-refractivity contribution in [2.75, 3.05) is 32.6 Å². The fourth-order valence-corrected chi connectivity index (χ4v) is 1.69. The summed E-state index contributed by atoms with van der Waals surface area (Å²) in [5.41, 5.74) is 1.73. The van der Waals surface area contributed by atoms with E-state index in [0.717, 1.165) is 12.2 Å². The van der Waals surface area contributed by atoms with Gasteiger partial charge in [-0.3, -0.25) is 4.79 Å². The monoisotopic (exact) mass is 250 g/mol. The lowest BCUT2D eigenvalue weighted by Gasteiger charge is -2.24. The Morgan fingerprint density at radius 3 is 2.50 bits per heavy atom. The van der Waals surface area contributed by atoms with Crippen molar-refractivity contribution in [3.8, 4) is 0 Å². The second-order valence-electron chi connectivity index (χ2n) is 4.33. The molecular formula is C14H22N2O2. The number of nitrogens with zero attached hydrogens (tertiary/aromatic N) is 1. The number of anilines is 1. The van der Waals surface area contributed by atoms with E-state index in [1.54, 1.807) is 19.1 Å². The Morgan fingerprint density at radius 1 is 1.39 bits per heavy atom. The van der Waals surface area contributed by atoms with Gasteiger partial charge < -0.3 is 15.0 Å². The lowest BCUT2D eigenvalue weighted by molar-refractivity contribution is 0.0633. The van der Waals surface area contributed by atoms with E-state index in [2.05, 4.69) is 5.32 Å². The second-order valence-corrected chi connectivity index (χ2v) is 4.33. The van der Waals surface area contributed by atoms with Crippen LogP contribution < -0.4 is 5.32 Å². The van der Waals surface area contributed by atoms with Crippen LogP contribution in [-0.2, 0) is 4.74 Å². The van der Waals surface area contributed by atoms with Crippen LogP contribution in [0.5, 0.6) is 0 Å². The SMILES string of the molecule is CCNc1ccc(C(=O)N(C)C(C)COC)cc1. The van der Waals surface area contributed by atoms with Crippen LogP contribution in [0.15, 0.2) is 24.3 Å². The number of benzene rings is 1. The quantitative estimate of drug-likeness (QED) is 0.841. The van der Waals surface area contributed by atoms with Gasteiger partial charge in [-0.25, -0.2) is 0 Å². The molecule has 0 fully saturated rings. The van der Waals surface area contributed by atoms with Gasteiger partial charge in [0.05, 0.1) is 12.6 Å². The number of methoxy groups -OCH3 is 1. The molecule has 18 heavy (non-hydrogen) atoms. The molecule has 0 heterocycles. The van der Waals surface area contributed by atoms with E-state index in [9.17, 15) is 4.79 Å². The molecule has 0 saturated heterocycles. The zero-order chi connectivity index (χ0) is 13.5. The number of likely N-dealkylation sites (N-methyl/N-ethyl adjacent to an activating group) is 1. The van der Waals surface area contributed by atoms with Gasteiger partial charge in [-0.1, -0.05) is 0 Å². The van der Waals surface area contributed by atoms with Crippen molar-refractivity contribution in [1.29, 1.82) is 0 Å². The van der Waals surface area contributed by atoms with Gasteiger partial charge >= 0.3 is 0 Å². The lowest BCUT2D eigenvalue weighted by atomic mass is 10.1. The van der Waals surface area contributed by atoms with Gasteiger partial charge in [-0.15, -0.1) is 0 Å². The van der Waals surface area contributed by atoms with Gasteiger partial charge in [0.2, 0.25) is 0 Å². The highest BCUT2D eigenvalue weighted by Gasteiger charge is 2.16. The highest BCUT2D eigenvalue weighted by molar-refractivity contribution is 5.94. The molecule has 1 amide bonds. The first-order valence-electron chi connectivity index (χ1n) is 6.20. The normalized spacial score (nSPS) is 12.0. The molecule has 0 bridgehead atoms. The van der Waals surface area contributed by atoms with Crippen molar-refractivity contribution in [3.63, 3.8) is 0 Å². The van der Waals surface area contributed by atoms with E-state index in [1.807, 2.05) is 38.1 Å². The summed E-state index contributed by atoms with van der Waals surface area (Å²) in [5.74, 6) is 0.0163. The summed E-state index contributed by atoms with van der Waals surface area (Å²) < 4.78 is 5.06. The molecule has 1 aromatic carbocycles. The Bertz CT molecular complexity index is 376. The van der Waals surface area contributed by atoms with Gasteiger partial charge in [0.15, 0.2) is 0 Å². The first-order valence-corrected chi connectivity index (χ1v) is 6.20. The van der Waals surface area contributed by atoms with Gasteiger partial charge in [0.1, 0.15) is 0 Å². The van der Waals surface area contributed by atoms with Crippen LogP contribution in [0.2, 0.25) is 0 Å². The minimum absolute atomic E-state index is 0.0163. The number of amides is 1. The summed E-state index contributed by atoms with van der Waals surface area (Å²) >= 11 is 0. The average molecular weight is 250 g/mol. The maximum Gasteiger partial charge on any atom is 0.253 e. The molecule has 1 aromatic rings. The smallest absolute Gasteiger partial charge is 0.253 e. The van der Waals surface area contributed by atoms with E-state index >= 15 is 0 Å². The van der Waals surface area contributed by atoms with E-state index in [4.69, 9.17) is 4.74 Å². The molecule has 0 aliphatic rings. The molecule has 0 aliphatic heterocycles. The van der Waals surface area contributed by atoms with Crippen molar-refractivity contribution in [2.45, 2.75) is 19.9 Å². The second kappa shape index (κ2) is 7.01. The number of ether oxygens (including phenoxy) is 1. The Hall–Kier alpha value is -1.55. The molecule has 1 unspecified atom stereocenters. The highest BCUT2D eigenvalue weighted by Crippen LogP contribution is 2.12. The highest BCUT2D eigenvalue weighted by atomic mass is 16.5. The van der Waals surface area contributed by atoms with Gasteiger partial charge in [-0.2, -0.15) is 0 Å². The van der Waals surface area contributed by atoms with Crippen LogP contribution in [0.4, 0.5) is 5.69 Å². The number of rotatable bonds is 6. The van der Waals surface area contributed by atoms with Crippen molar-refractivity contribution >= 4 is 11.6 Å². The van der Waals surface area contributed by atoms with Crippen LogP contribution in [0.1, 0.15) is 24.2 Å². The summed E-state index contributed by atoms with van der Waals surface area (Å²) in [6, 6.07) is 7.60. The molecule has 0 aromatic heterocycles. The van der Waals surface area contributed by atoms with Gasteiger partial charge in [0, 0.05) is 32.0 Å². The van der Waals surface area contributed by atoms with E-state index in [-0.39, 0.29) is 11.9 Å². The first kappa shape index (κ1) is 14.5.